The number of amides is 1. The summed E-state index contributed by atoms with van der Waals surface area (Å²) in [6, 6.07) is 0. The van der Waals surface area contributed by atoms with Gasteiger partial charge in [-0.15, -0.1) is 0 Å². The normalized spacial score (nSPS) is 31.4. The van der Waals surface area contributed by atoms with Gasteiger partial charge in [0.15, 0.2) is 5.67 Å². The summed E-state index contributed by atoms with van der Waals surface area (Å²) >= 11 is 0. The number of ether oxygens (including phenoxy) is 1. The van der Waals surface area contributed by atoms with Crippen LogP contribution < -0.4 is 0 Å². The second-order valence-corrected chi connectivity index (χ2v) is 5.48. The summed E-state index contributed by atoms with van der Waals surface area (Å²) < 4.78 is 19.0. The highest BCUT2D eigenvalue weighted by Crippen LogP contribution is 2.26. The Bertz CT molecular complexity index is 273. The van der Waals surface area contributed by atoms with Crippen LogP contribution in [0.1, 0.15) is 34.1 Å². The standard InChI is InChI=1S/C11H20FNO3/c1-10(2,3)16-9(15)13-6-5-8(14)11(4,12)7-13/h8,14H,5-7H2,1-4H3/t8?,11-/m0/s1. The summed E-state index contributed by atoms with van der Waals surface area (Å²) in [6.07, 6.45) is -1.29. The first-order valence-corrected chi connectivity index (χ1v) is 5.47. The summed E-state index contributed by atoms with van der Waals surface area (Å²) in [6.45, 7) is 6.79. The third-order valence-corrected chi connectivity index (χ3v) is 2.52. The lowest BCUT2D eigenvalue weighted by atomic mass is 9.94. The average Bonchev–Trinajstić information content (AvgIpc) is 2.06. The maximum Gasteiger partial charge on any atom is 0.410 e. The van der Waals surface area contributed by atoms with Gasteiger partial charge in [-0.2, -0.15) is 0 Å². The van der Waals surface area contributed by atoms with Gasteiger partial charge in [-0.05, 0) is 34.1 Å². The smallest absolute Gasteiger partial charge is 0.410 e. The van der Waals surface area contributed by atoms with Gasteiger partial charge >= 0.3 is 6.09 Å². The molecule has 1 heterocycles. The van der Waals surface area contributed by atoms with Crippen molar-refractivity contribution in [2.24, 2.45) is 0 Å². The van der Waals surface area contributed by atoms with Crippen molar-refractivity contribution in [3.05, 3.63) is 0 Å². The van der Waals surface area contributed by atoms with E-state index in [0.717, 1.165) is 0 Å². The number of likely N-dealkylation sites (tertiary alicyclic amines) is 1. The Kier molecular flexibility index (Phi) is 3.47. The van der Waals surface area contributed by atoms with Crippen LogP contribution in [0, 0.1) is 0 Å². The molecule has 1 rings (SSSR count). The predicted molar refractivity (Wildman–Crippen MR) is 57.9 cm³/mol. The Morgan fingerprint density at radius 2 is 2.12 bits per heavy atom. The number of nitrogens with zero attached hydrogens (tertiary/aromatic N) is 1. The molecule has 0 spiro atoms. The van der Waals surface area contributed by atoms with Crippen LogP contribution in [-0.2, 0) is 4.74 Å². The molecule has 2 atom stereocenters. The minimum absolute atomic E-state index is 0.122. The Hall–Kier alpha value is -0.840. The first-order valence-electron chi connectivity index (χ1n) is 5.47. The number of piperidine rings is 1. The van der Waals surface area contributed by atoms with E-state index in [4.69, 9.17) is 4.74 Å². The van der Waals surface area contributed by atoms with Crippen molar-refractivity contribution in [2.75, 3.05) is 13.1 Å². The summed E-state index contributed by atoms with van der Waals surface area (Å²) in [5, 5.41) is 9.42. The molecule has 0 aromatic rings. The van der Waals surface area contributed by atoms with E-state index in [1.807, 2.05) is 0 Å². The van der Waals surface area contributed by atoms with Crippen LogP contribution in [0.4, 0.5) is 9.18 Å². The monoisotopic (exact) mass is 233 g/mol. The van der Waals surface area contributed by atoms with Gasteiger partial charge in [-0.3, -0.25) is 0 Å². The van der Waals surface area contributed by atoms with E-state index in [-0.39, 0.29) is 13.0 Å². The zero-order valence-corrected chi connectivity index (χ0v) is 10.3. The maximum atomic E-state index is 13.8. The van der Waals surface area contributed by atoms with Crippen molar-refractivity contribution in [2.45, 2.75) is 51.5 Å². The van der Waals surface area contributed by atoms with Crippen molar-refractivity contribution < 1.29 is 19.0 Å². The second kappa shape index (κ2) is 4.20. The molecule has 1 fully saturated rings. The van der Waals surface area contributed by atoms with Crippen LogP contribution in [0.3, 0.4) is 0 Å². The first kappa shape index (κ1) is 13.2. The van der Waals surface area contributed by atoms with E-state index in [1.54, 1.807) is 20.8 Å². The number of aliphatic hydroxyl groups excluding tert-OH is 1. The number of carbonyl (C=O) groups excluding carboxylic acids is 1. The van der Waals surface area contributed by atoms with Crippen LogP contribution in [0.2, 0.25) is 0 Å². The van der Waals surface area contributed by atoms with E-state index in [2.05, 4.69) is 0 Å². The molecule has 1 amide bonds. The SMILES string of the molecule is CC(C)(C)OC(=O)N1CCC(O)[C@@](C)(F)C1. The van der Waals surface area contributed by atoms with Crippen molar-refractivity contribution in [1.29, 1.82) is 0 Å². The molecule has 94 valence electrons. The molecule has 16 heavy (non-hydrogen) atoms. The summed E-state index contributed by atoms with van der Waals surface area (Å²) in [5.74, 6) is 0. The van der Waals surface area contributed by atoms with Crippen LogP contribution >= 0.6 is 0 Å². The highest BCUT2D eigenvalue weighted by Gasteiger charge is 2.41. The van der Waals surface area contributed by atoms with Gasteiger partial charge in [0.1, 0.15) is 5.60 Å². The fourth-order valence-corrected chi connectivity index (χ4v) is 1.62. The minimum atomic E-state index is -1.75. The van der Waals surface area contributed by atoms with Crippen molar-refractivity contribution in [3.63, 3.8) is 0 Å². The molecule has 0 radical (unpaired) electrons. The first-order chi connectivity index (χ1) is 7.12. The molecule has 5 heteroatoms. The molecule has 0 aromatic heterocycles. The Morgan fingerprint density at radius 1 is 1.56 bits per heavy atom. The van der Waals surface area contributed by atoms with Gasteiger partial charge in [-0.1, -0.05) is 0 Å². The number of carbonyl (C=O) groups is 1. The van der Waals surface area contributed by atoms with Crippen molar-refractivity contribution in [1.82, 2.24) is 4.90 Å². The fourth-order valence-electron chi connectivity index (χ4n) is 1.62. The van der Waals surface area contributed by atoms with Gasteiger partial charge in [0.2, 0.25) is 0 Å². The molecule has 1 N–H and O–H groups in total. The third-order valence-electron chi connectivity index (χ3n) is 2.52. The van der Waals surface area contributed by atoms with Crippen LogP contribution in [0.5, 0.6) is 0 Å². The summed E-state index contributed by atoms with van der Waals surface area (Å²) in [4.78, 5) is 13.0. The van der Waals surface area contributed by atoms with E-state index in [0.29, 0.717) is 6.54 Å². The molecule has 0 aliphatic carbocycles. The molecule has 0 aromatic carbocycles. The van der Waals surface area contributed by atoms with E-state index in [9.17, 15) is 14.3 Å². The second-order valence-electron chi connectivity index (χ2n) is 5.48. The fraction of sp³-hybridized carbons (Fsp3) is 0.909. The largest absolute Gasteiger partial charge is 0.444 e. The number of halogens is 1. The molecule has 0 saturated carbocycles. The van der Waals surface area contributed by atoms with Gasteiger partial charge < -0.3 is 14.7 Å². The zero-order valence-electron chi connectivity index (χ0n) is 10.3. The predicted octanol–water partition coefficient (Wildman–Crippen LogP) is 1.72. The highest BCUT2D eigenvalue weighted by atomic mass is 19.1. The molecule has 0 bridgehead atoms. The lowest BCUT2D eigenvalue weighted by Crippen LogP contribution is -2.54. The third kappa shape index (κ3) is 3.33. The van der Waals surface area contributed by atoms with Gasteiger partial charge in [0, 0.05) is 6.54 Å². The highest BCUT2D eigenvalue weighted by molar-refractivity contribution is 5.68. The summed E-state index contributed by atoms with van der Waals surface area (Å²) in [7, 11) is 0. The summed E-state index contributed by atoms with van der Waals surface area (Å²) in [5.41, 5.74) is -2.34. The van der Waals surface area contributed by atoms with Crippen molar-refractivity contribution >= 4 is 6.09 Å². The zero-order chi connectivity index (χ0) is 12.6. The molecular formula is C11H20FNO3. The molecule has 1 aliphatic heterocycles. The van der Waals surface area contributed by atoms with E-state index in [1.165, 1.54) is 11.8 Å². The lowest BCUT2D eigenvalue weighted by Gasteiger charge is -2.39. The van der Waals surface area contributed by atoms with Gasteiger partial charge in [0.25, 0.3) is 0 Å². The van der Waals surface area contributed by atoms with Crippen LogP contribution in [-0.4, -0.2) is 46.6 Å². The Morgan fingerprint density at radius 3 is 2.56 bits per heavy atom. The Balaban J connectivity index is 2.60. The topological polar surface area (TPSA) is 49.8 Å². The molecule has 1 saturated heterocycles. The van der Waals surface area contributed by atoms with E-state index < -0.39 is 23.5 Å². The molecule has 1 aliphatic rings. The number of rotatable bonds is 0. The lowest BCUT2D eigenvalue weighted by molar-refractivity contribution is -0.0623. The number of hydrogen-bond acceptors (Lipinski definition) is 3. The maximum absolute atomic E-state index is 13.8. The van der Waals surface area contributed by atoms with Crippen LogP contribution in [0.15, 0.2) is 0 Å². The van der Waals surface area contributed by atoms with Gasteiger partial charge in [-0.25, -0.2) is 9.18 Å². The van der Waals surface area contributed by atoms with Crippen molar-refractivity contribution in [3.8, 4) is 0 Å². The van der Waals surface area contributed by atoms with Gasteiger partial charge in [0.05, 0.1) is 12.6 Å². The minimum Gasteiger partial charge on any atom is -0.444 e. The molecule has 4 nitrogen and oxygen atoms in total. The number of alkyl halides is 1. The van der Waals surface area contributed by atoms with E-state index >= 15 is 0 Å². The quantitative estimate of drug-likeness (QED) is 0.693. The van der Waals surface area contributed by atoms with Crippen LogP contribution in [0.25, 0.3) is 0 Å². The Labute approximate surface area is 95.4 Å². The number of aliphatic hydroxyl groups is 1. The number of hydrogen-bond donors (Lipinski definition) is 1. The molecular weight excluding hydrogens is 213 g/mol. The average molecular weight is 233 g/mol. The molecule has 1 unspecified atom stereocenters.